The Balaban J connectivity index is 0.00000126. The maximum absolute atomic E-state index is 13.4. The third kappa shape index (κ3) is 4.66. The van der Waals surface area contributed by atoms with E-state index < -0.39 is 23.2 Å². The van der Waals surface area contributed by atoms with Crippen LogP contribution < -0.4 is 5.32 Å². The molecule has 1 fully saturated rings. The van der Waals surface area contributed by atoms with Crippen LogP contribution in [0.4, 0.5) is 13.2 Å². The highest BCUT2D eigenvalue weighted by Crippen LogP contribution is 2.40. The van der Waals surface area contributed by atoms with E-state index in [4.69, 9.17) is 0 Å². The molecule has 146 valence electrons. The number of amides is 1. The van der Waals surface area contributed by atoms with Gasteiger partial charge in [-0.3, -0.25) is 9.78 Å². The van der Waals surface area contributed by atoms with Crippen molar-refractivity contribution in [3.63, 3.8) is 0 Å². The number of nitrogens with zero attached hydrogens (tertiary/aromatic N) is 1. The van der Waals surface area contributed by atoms with E-state index in [1.54, 1.807) is 18.3 Å². The van der Waals surface area contributed by atoms with Gasteiger partial charge < -0.3 is 10.4 Å². The summed E-state index contributed by atoms with van der Waals surface area (Å²) in [6, 6.07) is 9.73. The minimum absolute atomic E-state index is 0.119. The van der Waals surface area contributed by atoms with Crippen LogP contribution in [0.15, 0.2) is 48.7 Å². The van der Waals surface area contributed by atoms with Crippen molar-refractivity contribution < 1.29 is 23.1 Å². The number of nitrogens with one attached hydrogen (secondary N) is 1. The molecule has 1 aromatic heterocycles. The van der Waals surface area contributed by atoms with E-state index in [1.807, 2.05) is 13.8 Å². The minimum atomic E-state index is -5.14. The fourth-order valence-corrected chi connectivity index (χ4v) is 2.62. The zero-order valence-corrected chi connectivity index (χ0v) is 15.3. The van der Waals surface area contributed by atoms with Crippen LogP contribution in [0.1, 0.15) is 49.4 Å². The molecule has 27 heavy (non-hydrogen) atoms. The lowest BCUT2D eigenvalue weighted by molar-refractivity contribution is -0.257. The summed E-state index contributed by atoms with van der Waals surface area (Å²) >= 11 is 0. The Morgan fingerprint density at radius 3 is 2.37 bits per heavy atom. The lowest BCUT2D eigenvalue weighted by Gasteiger charge is -2.29. The second-order valence-electron chi connectivity index (χ2n) is 6.12. The van der Waals surface area contributed by atoms with Crippen LogP contribution in [0.5, 0.6) is 0 Å². The molecular formula is C20H23F3N2O2. The van der Waals surface area contributed by atoms with E-state index in [2.05, 4.69) is 10.3 Å². The summed E-state index contributed by atoms with van der Waals surface area (Å²) in [5.41, 5.74) is -2.60. The molecule has 0 unspecified atom stereocenters. The zero-order chi connectivity index (χ0) is 20.1. The SMILES string of the molecule is CC.O=C(NCc1ccnc(C2CC2)c1)[C@](O)(c1ccccc1)C(F)(F)F. The highest BCUT2D eigenvalue weighted by molar-refractivity contribution is 5.87. The molecule has 3 rings (SSSR count). The van der Waals surface area contributed by atoms with Gasteiger partial charge in [0.15, 0.2) is 0 Å². The highest BCUT2D eigenvalue weighted by Gasteiger charge is 2.60. The van der Waals surface area contributed by atoms with Crippen LogP contribution in [0, 0.1) is 0 Å². The van der Waals surface area contributed by atoms with Gasteiger partial charge in [0.2, 0.25) is 0 Å². The third-order valence-corrected chi connectivity index (χ3v) is 4.22. The molecule has 0 aliphatic heterocycles. The summed E-state index contributed by atoms with van der Waals surface area (Å²) in [5, 5.41) is 12.4. The lowest BCUT2D eigenvalue weighted by atomic mass is 9.92. The summed E-state index contributed by atoms with van der Waals surface area (Å²) < 4.78 is 40.3. The quantitative estimate of drug-likeness (QED) is 0.823. The molecule has 0 spiro atoms. The van der Waals surface area contributed by atoms with E-state index in [-0.39, 0.29) is 6.54 Å². The van der Waals surface area contributed by atoms with Gasteiger partial charge in [0.05, 0.1) is 0 Å². The number of alkyl halides is 3. The zero-order valence-electron chi connectivity index (χ0n) is 15.3. The molecular weight excluding hydrogens is 357 g/mol. The number of rotatable bonds is 5. The Labute approximate surface area is 156 Å². The maximum Gasteiger partial charge on any atom is 0.430 e. The van der Waals surface area contributed by atoms with Gasteiger partial charge in [0, 0.05) is 29.9 Å². The molecule has 1 heterocycles. The topological polar surface area (TPSA) is 62.2 Å². The van der Waals surface area contributed by atoms with Crippen LogP contribution in [0.25, 0.3) is 0 Å². The normalized spacial score (nSPS) is 15.9. The molecule has 1 amide bonds. The van der Waals surface area contributed by atoms with Gasteiger partial charge in [-0.2, -0.15) is 13.2 Å². The first-order chi connectivity index (χ1) is 12.8. The Morgan fingerprint density at radius 2 is 1.81 bits per heavy atom. The van der Waals surface area contributed by atoms with Crippen molar-refractivity contribution in [1.82, 2.24) is 10.3 Å². The number of aliphatic hydroxyl groups is 1. The molecule has 1 aromatic carbocycles. The van der Waals surface area contributed by atoms with Crippen molar-refractivity contribution >= 4 is 5.91 Å². The van der Waals surface area contributed by atoms with Gasteiger partial charge in [-0.05, 0) is 30.5 Å². The average molecular weight is 380 g/mol. The van der Waals surface area contributed by atoms with Crippen molar-refractivity contribution in [2.45, 2.75) is 50.9 Å². The Morgan fingerprint density at radius 1 is 1.19 bits per heavy atom. The number of pyridine rings is 1. The van der Waals surface area contributed by atoms with Gasteiger partial charge in [0.1, 0.15) is 0 Å². The van der Waals surface area contributed by atoms with Crippen LogP contribution in [0.2, 0.25) is 0 Å². The number of hydrogen-bond acceptors (Lipinski definition) is 3. The molecule has 0 bridgehead atoms. The first-order valence-corrected chi connectivity index (χ1v) is 8.90. The predicted molar refractivity (Wildman–Crippen MR) is 95.8 cm³/mol. The van der Waals surface area contributed by atoms with Crippen molar-refractivity contribution in [2.24, 2.45) is 0 Å². The summed E-state index contributed by atoms with van der Waals surface area (Å²) in [6.45, 7) is 3.88. The van der Waals surface area contributed by atoms with Crippen LogP contribution in [-0.4, -0.2) is 22.2 Å². The molecule has 1 saturated carbocycles. The second-order valence-corrected chi connectivity index (χ2v) is 6.12. The van der Waals surface area contributed by atoms with Crippen molar-refractivity contribution in [3.8, 4) is 0 Å². The second kappa shape index (κ2) is 8.52. The van der Waals surface area contributed by atoms with Crippen LogP contribution in [0.3, 0.4) is 0 Å². The molecule has 0 saturated heterocycles. The predicted octanol–water partition coefficient (Wildman–Crippen LogP) is 4.05. The van der Waals surface area contributed by atoms with Crippen LogP contribution in [-0.2, 0) is 16.9 Å². The van der Waals surface area contributed by atoms with E-state index in [0.717, 1.165) is 30.7 Å². The standard InChI is InChI=1S/C18H17F3N2O2.C2H6/c19-18(20,21)17(25,14-4-2-1-3-5-14)16(24)23-11-12-8-9-22-15(10-12)13-6-7-13;1-2/h1-5,8-10,13,25H,6-7,11H2,(H,23,24);1-2H3/t17-;/m1./s1. The van der Waals surface area contributed by atoms with E-state index in [0.29, 0.717) is 11.5 Å². The van der Waals surface area contributed by atoms with E-state index >= 15 is 0 Å². The number of carbonyl (C=O) groups is 1. The maximum atomic E-state index is 13.4. The van der Waals surface area contributed by atoms with Gasteiger partial charge in [-0.1, -0.05) is 44.2 Å². The summed E-state index contributed by atoms with van der Waals surface area (Å²) in [4.78, 5) is 16.4. The summed E-state index contributed by atoms with van der Waals surface area (Å²) in [6.07, 6.45) is -1.48. The molecule has 0 radical (unpaired) electrons. The van der Waals surface area contributed by atoms with E-state index in [9.17, 15) is 23.1 Å². The van der Waals surface area contributed by atoms with Gasteiger partial charge >= 0.3 is 6.18 Å². The minimum Gasteiger partial charge on any atom is -0.369 e. The number of hydrogen-bond donors (Lipinski definition) is 2. The number of benzene rings is 1. The molecule has 2 N–H and O–H groups in total. The Kier molecular flexibility index (Phi) is 6.59. The van der Waals surface area contributed by atoms with Crippen molar-refractivity contribution in [1.29, 1.82) is 0 Å². The molecule has 1 aliphatic rings. The first kappa shape index (κ1) is 20.9. The molecule has 7 heteroatoms. The van der Waals surface area contributed by atoms with Gasteiger partial charge in [-0.25, -0.2) is 0 Å². The van der Waals surface area contributed by atoms with Crippen molar-refractivity contribution in [2.75, 3.05) is 0 Å². The van der Waals surface area contributed by atoms with E-state index in [1.165, 1.54) is 18.2 Å². The number of halogens is 3. The summed E-state index contributed by atoms with van der Waals surface area (Å²) in [7, 11) is 0. The number of carbonyl (C=O) groups excluding carboxylic acids is 1. The largest absolute Gasteiger partial charge is 0.430 e. The third-order valence-electron chi connectivity index (χ3n) is 4.22. The average Bonchev–Trinajstić information content (AvgIpc) is 3.52. The molecule has 1 atom stereocenters. The van der Waals surface area contributed by atoms with Crippen LogP contribution >= 0.6 is 0 Å². The molecule has 1 aliphatic carbocycles. The Hall–Kier alpha value is -2.41. The smallest absolute Gasteiger partial charge is 0.369 e. The monoisotopic (exact) mass is 380 g/mol. The first-order valence-electron chi connectivity index (χ1n) is 8.90. The van der Waals surface area contributed by atoms with Crippen molar-refractivity contribution in [3.05, 3.63) is 65.5 Å². The highest BCUT2D eigenvalue weighted by atomic mass is 19.4. The summed E-state index contributed by atoms with van der Waals surface area (Å²) in [5.74, 6) is -1.11. The van der Waals surface area contributed by atoms with Gasteiger partial charge in [-0.15, -0.1) is 0 Å². The van der Waals surface area contributed by atoms with Gasteiger partial charge in [0.25, 0.3) is 11.5 Å². The molecule has 2 aromatic rings. The fourth-order valence-electron chi connectivity index (χ4n) is 2.62. The fraction of sp³-hybridized carbons (Fsp3) is 0.400. The molecule has 4 nitrogen and oxygen atoms in total. The number of aromatic nitrogens is 1. The lowest BCUT2D eigenvalue weighted by Crippen LogP contribution is -2.54. The Bertz CT molecular complexity index is 761.